The Hall–Kier alpha value is -3.60. The summed E-state index contributed by atoms with van der Waals surface area (Å²) < 4.78 is 45.2. The normalized spacial score (nSPS) is 15.1. The molecule has 0 radical (unpaired) electrons. The third-order valence-electron chi connectivity index (χ3n) is 7.16. The van der Waals surface area contributed by atoms with Crippen molar-refractivity contribution in [2.24, 2.45) is 5.92 Å². The van der Waals surface area contributed by atoms with E-state index in [0.717, 1.165) is 16.6 Å². The third-order valence-corrected chi connectivity index (χ3v) is 7.16. The number of alkyl halides is 3. The molecule has 0 saturated carbocycles. The number of fused-ring (bicyclic) bond motifs is 1. The molecule has 8 nitrogen and oxygen atoms in total. The van der Waals surface area contributed by atoms with Crippen molar-refractivity contribution < 1.29 is 27.5 Å². The van der Waals surface area contributed by atoms with E-state index in [9.17, 15) is 27.6 Å². The average molecular weight is 533 g/mol. The molecule has 0 atom stereocenters. The van der Waals surface area contributed by atoms with Gasteiger partial charge in [-0.2, -0.15) is 13.2 Å². The van der Waals surface area contributed by atoms with Gasteiger partial charge < -0.3 is 19.6 Å². The Morgan fingerprint density at radius 3 is 2.50 bits per heavy atom. The fourth-order valence-corrected chi connectivity index (χ4v) is 5.12. The number of hydrogen-bond donors (Lipinski definition) is 2. The van der Waals surface area contributed by atoms with Gasteiger partial charge in [-0.05, 0) is 57.8 Å². The Balaban J connectivity index is 1.50. The zero-order chi connectivity index (χ0) is 27.6. The summed E-state index contributed by atoms with van der Waals surface area (Å²) in [6.45, 7) is 4.41. The topological polar surface area (TPSA) is 96.4 Å². The lowest BCUT2D eigenvalue weighted by Crippen LogP contribution is -2.42. The maximum atomic E-state index is 13.4. The molecule has 4 rings (SSSR count). The van der Waals surface area contributed by atoms with Crippen LogP contribution in [0.4, 0.5) is 13.2 Å². The van der Waals surface area contributed by atoms with Crippen LogP contribution in [0.3, 0.4) is 0 Å². The second kappa shape index (κ2) is 11.0. The number of para-hydroxylation sites is 1. The molecule has 38 heavy (non-hydrogen) atoms. The fraction of sp³-hybridized carbons (Fsp3) is 0.444. The van der Waals surface area contributed by atoms with Crippen LogP contribution in [-0.4, -0.2) is 59.1 Å². The van der Waals surface area contributed by atoms with Gasteiger partial charge in [0.15, 0.2) is 0 Å². The number of aryl methyl sites for hydroxylation is 1. The van der Waals surface area contributed by atoms with Crippen molar-refractivity contribution in [2.45, 2.75) is 46.0 Å². The van der Waals surface area contributed by atoms with Crippen LogP contribution in [0.15, 0.2) is 35.1 Å². The lowest BCUT2D eigenvalue weighted by atomic mass is 9.96. The summed E-state index contributed by atoms with van der Waals surface area (Å²) in [5.74, 6) is -1.45. The summed E-state index contributed by atoms with van der Waals surface area (Å²) in [5.41, 5.74) is 2.81. The molecule has 0 unspecified atom stereocenters. The van der Waals surface area contributed by atoms with E-state index in [-0.39, 0.29) is 23.9 Å². The van der Waals surface area contributed by atoms with Gasteiger partial charge in [-0.25, -0.2) is 0 Å². The Bertz CT molecular complexity index is 1400. The number of nitrogens with zero attached hydrogens (tertiary/aromatic N) is 2. The third kappa shape index (κ3) is 5.77. The van der Waals surface area contributed by atoms with Gasteiger partial charge in [-0.1, -0.05) is 18.2 Å². The second-order valence-electron chi connectivity index (χ2n) is 9.74. The minimum absolute atomic E-state index is 0.00826. The Labute approximate surface area is 217 Å². The van der Waals surface area contributed by atoms with Crippen LogP contribution in [0.25, 0.3) is 10.9 Å². The largest absolute Gasteiger partial charge is 0.496 e. The van der Waals surface area contributed by atoms with Crippen LogP contribution in [-0.2, 0) is 17.9 Å². The number of carbonyl (C=O) groups excluding carboxylic acids is 2. The van der Waals surface area contributed by atoms with E-state index in [0.29, 0.717) is 55.0 Å². The van der Waals surface area contributed by atoms with Gasteiger partial charge >= 0.3 is 6.18 Å². The number of ketones is 1. The number of likely N-dealkylation sites (tertiary alicyclic amines) is 1. The number of ether oxygens (including phenoxy) is 1. The number of nitrogens with one attached hydrogen (secondary N) is 2. The second-order valence-corrected chi connectivity index (χ2v) is 9.74. The van der Waals surface area contributed by atoms with Crippen molar-refractivity contribution in [1.82, 2.24) is 19.8 Å². The smallest absolute Gasteiger partial charge is 0.451 e. The Morgan fingerprint density at radius 2 is 1.84 bits per heavy atom. The predicted octanol–water partition coefficient (Wildman–Crippen LogP) is 3.73. The van der Waals surface area contributed by atoms with Gasteiger partial charge in [-0.15, -0.1) is 0 Å². The van der Waals surface area contributed by atoms with Crippen LogP contribution >= 0.6 is 0 Å². The molecule has 2 N–H and O–H groups in total. The van der Waals surface area contributed by atoms with E-state index in [1.807, 2.05) is 31.2 Å². The van der Waals surface area contributed by atoms with Crippen molar-refractivity contribution >= 4 is 22.6 Å². The van der Waals surface area contributed by atoms with Crippen LogP contribution in [0.5, 0.6) is 5.75 Å². The first-order chi connectivity index (χ1) is 18.0. The number of benzene rings is 1. The SMILES string of the molecule is COc1cc(C)[nH]c(=O)c1CNC(=O)c1c(C)n(CC2CCN(CC(=O)C(F)(F)F)CC2)c2ccccc12. The molecule has 0 bridgehead atoms. The molecular weight excluding hydrogens is 501 g/mol. The number of hydrogen-bond acceptors (Lipinski definition) is 5. The number of pyridine rings is 1. The zero-order valence-corrected chi connectivity index (χ0v) is 21.6. The molecular formula is C27H31F3N4O4. The summed E-state index contributed by atoms with van der Waals surface area (Å²) in [4.78, 5) is 41.4. The molecule has 1 saturated heterocycles. The number of H-pyrrole nitrogens is 1. The maximum absolute atomic E-state index is 13.4. The molecule has 0 spiro atoms. The lowest BCUT2D eigenvalue weighted by Gasteiger charge is -2.32. The van der Waals surface area contributed by atoms with Crippen molar-refractivity contribution in [2.75, 3.05) is 26.7 Å². The summed E-state index contributed by atoms with van der Waals surface area (Å²) in [5, 5.41) is 3.63. The highest BCUT2D eigenvalue weighted by Gasteiger charge is 2.39. The van der Waals surface area contributed by atoms with Gasteiger partial charge in [0.1, 0.15) is 5.75 Å². The molecule has 1 amide bonds. The van der Waals surface area contributed by atoms with E-state index in [1.54, 1.807) is 17.9 Å². The quantitative estimate of drug-likeness (QED) is 0.461. The minimum Gasteiger partial charge on any atom is -0.496 e. The number of carbonyl (C=O) groups is 2. The maximum Gasteiger partial charge on any atom is 0.451 e. The highest BCUT2D eigenvalue weighted by Crippen LogP contribution is 2.29. The van der Waals surface area contributed by atoms with Gasteiger partial charge in [0.25, 0.3) is 11.5 Å². The number of rotatable bonds is 8. The number of aromatic nitrogens is 2. The summed E-state index contributed by atoms with van der Waals surface area (Å²) in [6, 6.07) is 9.25. The molecule has 1 aliphatic heterocycles. The molecule has 204 valence electrons. The monoisotopic (exact) mass is 532 g/mol. The standard InChI is InChI=1S/C27H31F3N4O4/c1-16-12-22(38-3)20(25(36)32-16)13-31-26(37)24-17(2)34(21-7-5-4-6-19(21)24)14-18-8-10-33(11-9-18)15-23(35)27(28,29)30/h4-7,12,18H,8-11,13-15H2,1-3H3,(H,31,37)(H,32,36). The summed E-state index contributed by atoms with van der Waals surface area (Å²) in [6.07, 6.45) is -3.52. The van der Waals surface area contributed by atoms with Crippen LogP contribution in [0.2, 0.25) is 0 Å². The van der Waals surface area contributed by atoms with Gasteiger partial charge in [0, 0.05) is 28.8 Å². The molecule has 0 aliphatic carbocycles. The first-order valence-corrected chi connectivity index (χ1v) is 12.4. The van der Waals surface area contributed by atoms with Gasteiger partial charge in [-0.3, -0.25) is 19.3 Å². The van der Waals surface area contributed by atoms with Crippen LogP contribution < -0.4 is 15.6 Å². The predicted molar refractivity (Wildman–Crippen MR) is 136 cm³/mol. The van der Waals surface area contributed by atoms with Crippen LogP contribution in [0.1, 0.15) is 40.2 Å². The van der Waals surface area contributed by atoms with Crippen LogP contribution in [0, 0.1) is 19.8 Å². The Morgan fingerprint density at radius 1 is 1.16 bits per heavy atom. The van der Waals surface area contributed by atoms with Crippen molar-refractivity contribution in [3.05, 3.63) is 63.2 Å². The van der Waals surface area contributed by atoms with Crippen molar-refractivity contribution in [3.8, 4) is 5.75 Å². The van der Waals surface area contributed by atoms with Crippen molar-refractivity contribution in [3.63, 3.8) is 0 Å². The van der Waals surface area contributed by atoms with E-state index in [4.69, 9.17) is 4.74 Å². The molecule has 11 heteroatoms. The number of methoxy groups -OCH3 is 1. The molecule has 1 aliphatic rings. The van der Waals surface area contributed by atoms with E-state index in [1.165, 1.54) is 7.11 Å². The van der Waals surface area contributed by atoms with Gasteiger partial charge in [0.05, 0.1) is 31.3 Å². The number of piperidine rings is 1. The molecule has 1 aromatic carbocycles. The minimum atomic E-state index is -4.81. The van der Waals surface area contributed by atoms with E-state index in [2.05, 4.69) is 14.9 Å². The first-order valence-electron chi connectivity index (χ1n) is 12.4. The van der Waals surface area contributed by atoms with E-state index < -0.39 is 18.5 Å². The number of Topliss-reactive ketones (excluding diaryl/α,β-unsaturated/α-hetero) is 1. The number of halogens is 3. The summed E-state index contributed by atoms with van der Waals surface area (Å²) in [7, 11) is 1.47. The summed E-state index contributed by atoms with van der Waals surface area (Å²) >= 11 is 0. The lowest BCUT2D eigenvalue weighted by molar-refractivity contribution is -0.172. The fourth-order valence-electron chi connectivity index (χ4n) is 5.12. The highest BCUT2D eigenvalue weighted by molar-refractivity contribution is 6.08. The first kappa shape index (κ1) is 27.4. The highest BCUT2D eigenvalue weighted by atomic mass is 19.4. The molecule has 1 fully saturated rings. The number of aromatic amines is 1. The Kier molecular flexibility index (Phi) is 7.96. The zero-order valence-electron chi connectivity index (χ0n) is 21.6. The molecule has 3 aromatic rings. The van der Waals surface area contributed by atoms with Gasteiger partial charge in [0.2, 0.25) is 5.78 Å². The van der Waals surface area contributed by atoms with Crippen molar-refractivity contribution in [1.29, 1.82) is 0 Å². The molecule has 3 heterocycles. The van der Waals surface area contributed by atoms with E-state index >= 15 is 0 Å². The average Bonchev–Trinajstić information content (AvgIpc) is 3.14. The molecule has 2 aromatic heterocycles. The number of amides is 1.